The predicted molar refractivity (Wildman–Crippen MR) is 81.8 cm³/mol. The minimum Gasteiger partial charge on any atom is -0.317 e. The number of carbonyl (C=O) groups excluding carboxylic acids is 1. The van der Waals surface area contributed by atoms with Crippen LogP contribution >= 0.6 is 11.3 Å². The van der Waals surface area contributed by atoms with E-state index in [2.05, 4.69) is 4.99 Å². The second kappa shape index (κ2) is 5.26. The maximum Gasteiger partial charge on any atom is 0.279 e. The fraction of sp³-hybridized carbons (Fsp3) is 0.125. The Morgan fingerprint density at radius 3 is 2.67 bits per heavy atom. The zero-order valence-electron chi connectivity index (χ0n) is 11.6. The highest BCUT2D eigenvalue weighted by Crippen LogP contribution is 2.19. The molecule has 0 spiro atoms. The molecule has 0 atom stereocenters. The molecule has 0 saturated carbocycles. The van der Waals surface area contributed by atoms with Crippen molar-refractivity contribution in [2.24, 2.45) is 12.0 Å². The van der Waals surface area contributed by atoms with Gasteiger partial charge in [0.15, 0.2) is 4.80 Å². The average Bonchev–Trinajstić information content (AvgIpc) is 2.77. The molecular weight excluding hydrogens is 287 g/mol. The molecule has 0 aliphatic rings. The second-order valence-electron chi connectivity index (χ2n) is 4.76. The van der Waals surface area contributed by atoms with Gasteiger partial charge in [-0.15, -0.1) is 0 Å². The van der Waals surface area contributed by atoms with Crippen LogP contribution in [0.1, 0.15) is 15.9 Å². The van der Waals surface area contributed by atoms with Crippen molar-refractivity contribution in [2.45, 2.75) is 6.92 Å². The first-order chi connectivity index (χ1) is 10.1. The van der Waals surface area contributed by atoms with E-state index in [9.17, 15) is 9.18 Å². The van der Waals surface area contributed by atoms with E-state index < -0.39 is 0 Å². The third-order valence-electron chi connectivity index (χ3n) is 3.35. The molecule has 106 valence electrons. The number of aromatic nitrogens is 1. The third-order valence-corrected chi connectivity index (χ3v) is 4.44. The first-order valence-electron chi connectivity index (χ1n) is 6.46. The number of fused-ring (bicyclic) bond motifs is 1. The number of benzene rings is 2. The summed E-state index contributed by atoms with van der Waals surface area (Å²) in [6.07, 6.45) is 0. The van der Waals surface area contributed by atoms with E-state index in [4.69, 9.17) is 0 Å². The third kappa shape index (κ3) is 2.40. The fourth-order valence-electron chi connectivity index (χ4n) is 2.22. The Morgan fingerprint density at radius 2 is 1.95 bits per heavy atom. The van der Waals surface area contributed by atoms with E-state index in [1.807, 2.05) is 25.1 Å². The Bertz CT molecular complexity index is 908. The summed E-state index contributed by atoms with van der Waals surface area (Å²) in [6, 6.07) is 12.2. The molecule has 3 aromatic rings. The van der Waals surface area contributed by atoms with Gasteiger partial charge in [-0.3, -0.25) is 4.79 Å². The summed E-state index contributed by atoms with van der Waals surface area (Å²) in [7, 11) is 1.71. The number of hydrogen-bond donors (Lipinski definition) is 0. The van der Waals surface area contributed by atoms with Gasteiger partial charge in [0.2, 0.25) is 0 Å². The first-order valence-corrected chi connectivity index (χ1v) is 7.28. The number of aryl methyl sites for hydroxylation is 2. The molecule has 3 nitrogen and oxygen atoms in total. The Balaban J connectivity index is 2.17. The van der Waals surface area contributed by atoms with E-state index >= 15 is 0 Å². The van der Waals surface area contributed by atoms with Gasteiger partial charge >= 0.3 is 0 Å². The van der Waals surface area contributed by atoms with Crippen molar-refractivity contribution in [3.05, 3.63) is 64.2 Å². The van der Waals surface area contributed by atoms with Crippen LogP contribution in [0, 0.1) is 12.7 Å². The molecular formula is C16H13FN2OS. The van der Waals surface area contributed by atoms with Crippen molar-refractivity contribution >= 4 is 27.5 Å². The van der Waals surface area contributed by atoms with Gasteiger partial charge in [0, 0.05) is 12.6 Å². The van der Waals surface area contributed by atoms with Crippen LogP contribution in [0.4, 0.5) is 4.39 Å². The highest BCUT2D eigenvalue weighted by atomic mass is 32.1. The number of nitrogens with zero attached hydrogens (tertiary/aromatic N) is 2. The number of thiazole rings is 1. The lowest BCUT2D eigenvalue weighted by molar-refractivity contribution is 0.0997. The predicted octanol–water partition coefficient (Wildman–Crippen LogP) is 3.43. The summed E-state index contributed by atoms with van der Waals surface area (Å²) >= 11 is 1.30. The van der Waals surface area contributed by atoms with Crippen molar-refractivity contribution < 1.29 is 9.18 Å². The molecule has 0 unspecified atom stereocenters. The van der Waals surface area contributed by atoms with Gasteiger partial charge in [-0.1, -0.05) is 35.6 Å². The molecule has 0 N–H and O–H groups in total. The van der Waals surface area contributed by atoms with Crippen molar-refractivity contribution in [1.29, 1.82) is 0 Å². The number of carbonyl (C=O) groups is 1. The Kier molecular flexibility index (Phi) is 3.43. The van der Waals surface area contributed by atoms with Crippen LogP contribution in [0.3, 0.4) is 0 Å². The smallest absolute Gasteiger partial charge is 0.279 e. The SMILES string of the molecule is Cc1ccccc1C(=O)N=c1sc2cccc(F)c2n1C. The molecule has 21 heavy (non-hydrogen) atoms. The van der Waals surface area contributed by atoms with E-state index in [1.54, 1.807) is 29.8 Å². The molecule has 0 bridgehead atoms. The molecule has 1 aromatic heterocycles. The summed E-state index contributed by atoms with van der Waals surface area (Å²) in [5.74, 6) is -0.619. The lowest BCUT2D eigenvalue weighted by Crippen LogP contribution is -2.14. The minimum absolute atomic E-state index is 0.309. The zero-order valence-corrected chi connectivity index (χ0v) is 12.4. The van der Waals surface area contributed by atoms with Crippen LogP contribution in [-0.2, 0) is 7.05 Å². The summed E-state index contributed by atoms with van der Waals surface area (Å²) < 4.78 is 16.2. The van der Waals surface area contributed by atoms with Crippen LogP contribution < -0.4 is 4.80 Å². The number of para-hydroxylation sites is 1. The van der Waals surface area contributed by atoms with Crippen molar-refractivity contribution in [1.82, 2.24) is 4.57 Å². The van der Waals surface area contributed by atoms with Crippen molar-refractivity contribution in [2.75, 3.05) is 0 Å². The molecule has 2 aromatic carbocycles. The first kappa shape index (κ1) is 13.7. The summed E-state index contributed by atoms with van der Waals surface area (Å²) in [5.41, 5.74) is 1.91. The number of halogens is 1. The lowest BCUT2D eigenvalue weighted by Gasteiger charge is -1.99. The maximum atomic E-state index is 13.8. The van der Waals surface area contributed by atoms with Gasteiger partial charge in [-0.05, 0) is 30.7 Å². The molecule has 0 aliphatic carbocycles. The number of amides is 1. The van der Waals surface area contributed by atoms with Crippen molar-refractivity contribution in [3.63, 3.8) is 0 Å². The van der Waals surface area contributed by atoms with Crippen LogP contribution in [0.25, 0.3) is 10.2 Å². The van der Waals surface area contributed by atoms with E-state index in [-0.39, 0.29) is 11.7 Å². The molecule has 3 rings (SSSR count). The van der Waals surface area contributed by atoms with Crippen LogP contribution in [0.2, 0.25) is 0 Å². The summed E-state index contributed by atoms with van der Waals surface area (Å²) in [5, 5.41) is 0. The second-order valence-corrected chi connectivity index (χ2v) is 5.77. The zero-order chi connectivity index (χ0) is 15.0. The van der Waals surface area contributed by atoms with Gasteiger partial charge in [0.25, 0.3) is 5.91 Å². The molecule has 0 saturated heterocycles. The molecule has 1 amide bonds. The average molecular weight is 300 g/mol. The highest BCUT2D eigenvalue weighted by Gasteiger charge is 2.10. The van der Waals surface area contributed by atoms with Crippen LogP contribution in [-0.4, -0.2) is 10.5 Å². The quantitative estimate of drug-likeness (QED) is 0.678. The Labute approximate surface area is 125 Å². The Morgan fingerprint density at radius 1 is 1.19 bits per heavy atom. The fourth-order valence-corrected chi connectivity index (χ4v) is 3.25. The topological polar surface area (TPSA) is 34.4 Å². The number of hydrogen-bond acceptors (Lipinski definition) is 2. The normalized spacial score (nSPS) is 12.0. The summed E-state index contributed by atoms with van der Waals surface area (Å²) in [6.45, 7) is 1.87. The Hall–Kier alpha value is -2.27. The lowest BCUT2D eigenvalue weighted by atomic mass is 10.1. The van der Waals surface area contributed by atoms with Gasteiger partial charge in [-0.2, -0.15) is 4.99 Å². The largest absolute Gasteiger partial charge is 0.317 e. The molecule has 0 aliphatic heterocycles. The highest BCUT2D eigenvalue weighted by molar-refractivity contribution is 7.16. The maximum absolute atomic E-state index is 13.8. The van der Waals surface area contributed by atoms with Gasteiger partial charge in [-0.25, -0.2) is 4.39 Å². The molecule has 1 heterocycles. The number of rotatable bonds is 1. The van der Waals surface area contributed by atoms with Crippen LogP contribution in [0.15, 0.2) is 47.5 Å². The van der Waals surface area contributed by atoms with Crippen LogP contribution in [0.5, 0.6) is 0 Å². The van der Waals surface area contributed by atoms with E-state index in [0.717, 1.165) is 10.3 Å². The van der Waals surface area contributed by atoms with E-state index in [1.165, 1.54) is 17.4 Å². The van der Waals surface area contributed by atoms with Gasteiger partial charge in [0.05, 0.1) is 10.2 Å². The van der Waals surface area contributed by atoms with Gasteiger partial charge in [0.1, 0.15) is 5.82 Å². The van der Waals surface area contributed by atoms with Gasteiger partial charge < -0.3 is 4.57 Å². The standard InChI is InChI=1S/C16H13FN2OS/c1-10-6-3-4-7-11(10)15(20)18-16-19(2)14-12(17)8-5-9-13(14)21-16/h3-9H,1-2H3. The minimum atomic E-state index is -0.310. The summed E-state index contributed by atoms with van der Waals surface area (Å²) in [4.78, 5) is 16.9. The molecule has 0 radical (unpaired) electrons. The molecule has 5 heteroatoms. The van der Waals surface area contributed by atoms with Crippen molar-refractivity contribution in [3.8, 4) is 0 Å². The van der Waals surface area contributed by atoms with E-state index in [0.29, 0.717) is 15.9 Å². The molecule has 0 fully saturated rings. The monoisotopic (exact) mass is 300 g/mol.